The molecule has 0 aliphatic heterocycles. The van der Waals surface area contributed by atoms with Gasteiger partial charge in [0.1, 0.15) is 10.6 Å². The number of sulfonamides is 1. The van der Waals surface area contributed by atoms with Crippen molar-refractivity contribution in [3.8, 4) is 5.75 Å². The minimum absolute atomic E-state index is 0.0611. The Morgan fingerprint density at radius 2 is 1.73 bits per heavy atom. The smallest absolute Gasteiger partial charge is 0.253 e. The number of rotatable bonds is 7. The van der Waals surface area contributed by atoms with Crippen LogP contribution in [-0.2, 0) is 23.0 Å². The number of nitrogens with one attached hydrogen (secondary N) is 1. The summed E-state index contributed by atoms with van der Waals surface area (Å²) in [6.07, 6.45) is 0.962. The summed E-state index contributed by atoms with van der Waals surface area (Å²) in [5.74, 6) is -0.0755. The van der Waals surface area contributed by atoms with Crippen molar-refractivity contribution in [1.29, 1.82) is 0 Å². The topological polar surface area (TPSA) is 75.7 Å². The fourth-order valence-corrected chi connectivity index (χ4v) is 3.49. The number of carbonyl (C=O) groups is 1. The van der Waals surface area contributed by atoms with Gasteiger partial charge in [-0.15, -0.1) is 0 Å². The highest BCUT2D eigenvalue weighted by atomic mass is 32.2. The summed E-state index contributed by atoms with van der Waals surface area (Å²) in [5, 5.41) is 0. The van der Waals surface area contributed by atoms with E-state index in [-0.39, 0.29) is 22.1 Å². The van der Waals surface area contributed by atoms with Gasteiger partial charge in [0.15, 0.2) is 0 Å². The van der Waals surface area contributed by atoms with E-state index < -0.39 is 10.0 Å². The van der Waals surface area contributed by atoms with Crippen molar-refractivity contribution in [1.82, 2.24) is 9.62 Å². The third-order valence-corrected chi connectivity index (χ3v) is 5.60. The molecule has 0 fully saturated rings. The predicted molar refractivity (Wildman–Crippen MR) is 101 cm³/mol. The Kier molecular flexibility index (Phi) is 6.39. The van der Waals surface area contributed by atoms with Crippen LogP contribution >= 0.6 is 0 Å². The molecule has 2 aromatic rings. The van der Waals surface area contributed by atoms with E-state index in [1.807, 2.05) is 24.3 Å². The molecule has 2 aromatic carbocycles. The molecule has 1 N–H and O–H groups in total. The molecule has 0 spiro atoms. The molecule has 0 aliphatic rings. The lowest BCUT2D eigenvalue weighted by atomic mass is 10.1. The largest absolute Gasteiger partial charge is 0.495 e. The van der Waals surface area contributed by atoms with E-state index in [9.17, 15) is 13.2 Å². The van der Waals surface area contributed by atoms with E-state index in [2.05, 4.69) is 11.6 Å². The highest BCUT2D eigenvalue weighted by molar-refractivity contribution is 7.89. The summed E-state index contributed by atoms with van der Waals surface area (Å²) in [6.45, 7) is 2.52. The molecular weight excluding hydrogens is 352 g/mol. The van der Waals surface area contributed by atoms with Crippen LogP contribution in [0.15, 0.2) is 47.4 Å². The Labute approximate surface area is 154 Å². The molecule has 2 rings (SSSR count). The molecule has 0 aromatic heterocycles. The minimum atomic E-state index is -3.73. The SMILES string of the molecule is CCc1ccc(CN(C)C(=O)c2ccc(OC)c(S(=O)(=O)NC)c2)cc1. The first-order valence-corrected chi connectivity index (χ1v) is 9.75. The quantitative estimate of drug-likeness (QED) is 0.805. The van der Waals surface area contributed by atoms with Gasteiger partial charge in [0.2, 0.25) is 10.0 Å². The summed E-state index contributed by atoms with van der Waals surface area (Å²) in [7, 11) is 0.653. The molecule has 6 nitrogen and oxygen atoms in total. The summed E-state index contributed by atoms with van der Waals surface area (Å²) in [4.78, 5) is 14.2. The van der Waals surface area contributed by atoms with E-state index in [0.29, 0.717) is 6.54 Å². The molecular formula is C19H24N2O4S. The normalized spacial score (nSPS) is 11.2. The second kappa shape index (κ2) is 8.33. The maximum Gasteiger partial charge on any atom is 0.253 e. The molecule has 26 heavy (non-hydrogen) atoms. The van der Waals surface area contributed by atoms with Crippen molar-refractivity contribution in [3.05, 3.63) is 59.2 Å². The molecule has 0 atom stereocenters. The number of hydrogen-bond acceptors (Lipinski definition) is 4. The van der Waals surface area contributed by atoms with Crippen LogP contribution < -0.4 is 9.46 Å². The molecule has 1 amide bonds. The fourth-order valence-electron chi connectivity index (χ4n) is 2.58. The van der Waals surface area contributed by atoms with E-state index in [0.717, 1.165) is 12.0 Å². The van der Waals surface area contributed by atoms with Crippen LogP contribution in [0, 0.1) is 0 Å². The third-order valence-electron chi connectivity index (χ3n) is 4.17. The zero-order valence-corrected chi connectivity index (χ0v) is 16.3. The van der Waals surface area contributed by atoms with E-state index in [1.165, 1.54) is 31.9 Å². The maximum absolute atomic E-state index is 12.7. The van der Waals surface area contributed by atoms with Gasteiger partial charge >= 0.3 is 0 Å². The average Bonchev–Trinajstić information content (AvgIpc) is 2.67. The maximum atomic E-state index is 12.7. The van der Waals surface area contributed by atoms with E-state index >= 15 is 0 Å². The van der Waals surface area contributed by atoms with Gasteiger partial charge in [-0.2, -0.15) is 0 Å². The van der Waals surface area contributed by atoms with Crippen LogP contribution in [0.1, 0.15) is 28.4 Å². The van der Waals surface area contributed by atoms with Gasteiger partial charge < -0.3 is 9.64 Å². The number of aryl methyl sites for hydroxylation is 1. The summed E-state index contributed by atoms with van der Waals surface area (Å²) >= 11 is 0. The van der Waals surface area contributed by atoms with Crippen molar-refractivity contribution < 1.29 is 17.9 Å². The molecule has 140 valence electrons. The molecule has 0 aliphatic carbocycles. The Balaban J connectivity index is 2.26. The number of carbonyl (C=O) groups excluding carboxylic acids is 1. The lowest BCUT2D eigenvalue weighted by Crippen LogP contribution is -2.27. The first-order chi connectivity index (χ1) is 12.3. The van der Waals surface area contributed by atoms with Crippen LogP contribution in [0.5, 0.6) is 5.75 Å². The Morgan fingerprint density at radius 3 is 2.27 bits per heavy atom. The monoisotopic (exact) mass is 376 g/mol. The molecule has 0 radical (unpaired) electrons. The van der Waals surface area contributed by atoms with E-state index in [4.69, 9.17) is 4.74 Å². The Hall–Kier alpha value is -2.38. The average molecular weight is 376 g/mol. The van der Waals surface area contributed by atoms with Crippen LogP contribution in [0.4, 0.5) is 0 Å². The van der Waals surface area contributed by atoms with Gasteiger partial charge in [0, 0.05) is 19.2 Å². The number of ether oxygens (including phenoxy) is 1. The van der Waals surface area contributed by atoms with Crippen molar-refractivity contribution >= 4 is 15.9 Å². The number of amides is 1. The fraction of sp³-hybridized carbons (Fsp3) is 0.316. The molecule has 0 saturated heterocycles. The van der Waals surface area contributed by atoms with Crippen LogP contribution in [0.3, 0.4) is 0 Å². The molecule has 0 bridgehead atoms. The zero-order chi connectivity index (χ0) is 19.3. The number of methoxy groups -OCH3 is 1. The molecule has 0 heterocycles. The highest BCUT2D eigenvalue weighted by Crippen LogP contribution is 2.25. The number of nitrogens with zero attached hydrogens (tertiary/aromatic N) is 1. The van der Waals surface area contributed by atoms with Gasteiger partial charge in [0.25, 0.3) is 5.91 Å². The van der Waals surface area contributed by atoms with Crippen molar-refractivity contribution in [2.45, 2.75) is 24.8 Å². The predicted octanol–water partition coefficient (Wildman–Crippen LogP) is 2.44. The Morgan fingerprint density at radius 1 is 1.12 bits per heavy atom. The van der Waals surface area contributed by atoms with Gasteiger partial charge in [0.05, 0.1) is 7.11 Å². The van der Waals surface area contributed by atoms with Crippen LogP contribution in [0.25, 0.3) is 0 Å². The Bertz CT molecular complexity index is 877. The van der Waals surface area contributed by atoms with E-state index in [1.54, 1.807) is 18.0 Å². The second-order valence-electron chi connectivity index (χ2n) is 5.90. The summed E-state index contributed by atoms with van der Waals surface area (Å²) in [6, 6.07) is 12.5. The number of benzene rings is 2. The highest BCUT2D eigenvalue weighted by Gasteiger charge is 2.21. The number of hydrogen-bond donors (Lipinski definition) is 1. The molecule has 0 unspecified atom stereocenters. The van der Waals surface area contributed by atoms with Crippen molar-refractivity contribution in [2.24, 2.45) is 0 Å². The lowest BCUT2D eigenvalue weighted by Gasteiger charge is -2.18. The van der Waals surface area contributed by atoms with Gasteiger partial charge in [-0.3, -0.25) is 4.79 Å². The van der Waals surface area contributed by atoms with Gasteiger partial charge in [-0.05, 0) is 42.8 Å². The van der Waals surface area contributed by atoms with Gasteiger partial charge in [-0.1, -0.05) is 31.2 Å². The lowest BCUT2D eigenvalue weighted by molar-refractivity contribution is 0.0785. The summed E-state index contributed by atoms with van der Waals surface area (Å²) in [5.41, 5.74) is 2.53. The first-order valence-electron chi connectivity index (χ1n) is 8.27. The van der Waals surface area contributed by atoms with Crippen LogP contribution in [-0.4, -0.2) is 40.4 Å². The molecule has 0 saturated carbocycles. The van der Waals surface area contributed by atoms with Gasteiger partial charge in [-0.25, -0.2) is 13.1 Å². The second-order valence-corrected chi connectivity index (χ2v) is 7.76. The zero-order valence-electron chi connectivity index (χ0n) is 15.4. The van der Waals surface area contributed by atoms with Crippen molar-refractivity contribution in [2.75, 3.05) is 21.2 Å². The minimum Gasteiger partial charge on any atom is -0.495 e. The third kappa shape index (κ3) is 4.42. The molecule has 7 heteroatoms. The van der Waals surface area contributed by atoms with Crippen LogP contribution in [0.2, 0.25) is 0 Å². The van der Waals surface area contributed by atoms with Crippen molar-refractivity contribution in [3.63, 3.8) is 0 Å². The first kappa shape index (κ1) is 19.9. The standard InChI is InChI=1S/C19H24N2O4S/c1-5-14-6-8-15(9-7-14)13-21(3)19(22)16-10-11-17(25-4)18(12-16)26(23,24)20-2/h6-12,20H,5,13H2,1-4H3. The summed E-state index contributed by atoms with van der Waals surface area (Å²) < 4.78 is 31.7.